The predicted molar refractivity (Wildman–Crippen MR) is 131 cm³/mol. The van der Waals surface area contributed by atoms with Crippen LogP contribution in [0, 0.1) is 11.8 Å². The van der Waals surface area contributed by atoms with Crippen LogP contribution in [0.1, 0.15) is 25.3 Å². The van der Waals surface area contributed by atoms with Crippen LogP contribution in [-0.2, 0) is 20.9 Å². The summed E-state index contributed by atoms with van der Waals surface area (Å²) in [6.45, 7) is 1.87. The molecule has 0 aromatic heterocycles. The maximum Gasteiger partial charge on any atom is 0.244 e. The highest BCUT2D eigenvalue weighted by molar-refractivity contribution is 8.02. The number of rotatable bonds is 7. The lowest BCUT2D eigenvalue weighted by Crippen LogP contribution is -2.55. The van der Waals surface area contributed by atoms with Gasteiger partial charge in [-0.1, -0.05) is 48.5 Å². The number of hydrogen-bond acceptors (Lipinski definition) is 5. The van der Waals surface area contributed by atoms with Crippen LogP contribution in [0.15, 0.2) is 60.7 Å². The SMILES string of the molecule is C[C@H](CO)N1C(=O)[C@@H]2[C@H](C(=O)Nc3ccccc3)[C@@H]3CCC2(S3)C1C(=O)NCc1ccccc1. The van der Waals surface area contributed by atoms with Gasteiger partial charge in [0.1, 0.15) is 6.04 Å². The molecule has 0 saturated carbocycles. The highest BCUT2D eigenvalue weighted by Gasteiger charge is 2.74. The number of hydrogen-bond donors (Lipinski definition) is 3. The Morgan fingerprint density at radius 2 is 1.79 bits per heavy atom. The van der Waals surface area contributed by atoms with Gasteiger partial charge in [-0.05, 0) is 37.5 Å². The molecule has 2 unspecified atom stereocenters. The molecule has 5 rings (SSSR count). The first-order chi connectivity index (χ1) is 16.5. The first kappa shape index (κ1) is 22.9. The second kappa shape index (κ2) is 9.07. The third-order valence-electron chi connectivity index (χ3n) is 7.38. The van der Waals surface area contributed by atoms with Crippen LogP contribution >= 0.6 is 11.8 Å². The van der Waals surface area contributed by atoms with Crippen LogP contribution in [-0.4, -0.2) is 56.4 Å². The van der Waals surface area contributed by atoms with Gasteiger partial charge in [0.15, 0.2) is 0 Å². The molecule has 3 N–H and O–H groups in total. The van der Waals surface area contributed by atoms with E-state index in [0.29, 0.717) is 18.7 Å². The van der Waals surface area contributed by atoms with Gasteiger partial charge in [-0.3, -0.25) is 14.4 Å². The molecule has 8 heteroatoms. The van der Waals surface area contributed by atoms with E-state index >= 15 is 0 Å². The van der Waals surface area contributed by atoms with Crippen LogP contribution in [0.5, 0.6) is 0 Å². The van der Waals surface area contributed by atoms with Gasteiger partial charge in [0, 0.05) is 17.5 Å². The molecule has 3 aliphatic rings. The van der Waals surface area contributed by atoms with Crippen molar-refractivity contribution in [3.8, 4) is 0 Å². The Labute approximate surface area is 203 Å². The summed E-state index contributed by atoms with van der Waals surface area (Å²) in [5.74, 6) is -1.69. The lowest BCUT2D eigenvalue weighted by Gasteiger charge is -2.36. The number of aliphatic hydroxyl groups is 1. The van der Waals surface area contributed by atoms with Crippen molar-refractivity contribution >= 4 is 35.2 Å². The zero-order valence-electron chi connectivity index (χ0n) is 19.0. The fourth-order valence-electron chi connectivity index (χ4n) is 5.88. The highest BCUT2D eigenvalue weighted by atomic mass is 32.2. The molecule has 3 aliphatic heterocycles. The fraction of sp³-hybridized carbons (Fsp3) is 0.423. The largest absolute Gasteiger partial charge is 0.394 e. The van der Waals surface area contributed by atoms with Gasteiger partial charge in [-0.2, -0.15) is 0 Å². The molecule has 6 atom stereocenters. The molecule has 2 aromatic carbocycles. The van der Waals surface area contributed by atoms with E-state index < -0.39 is 28.7 Å². The Balaban J connectivity index is 1.43. The molecule has 2 aromatic rings. The van der Waals surface area contributed by atoms with Crippen LogP contribution in [0.2, 0.25) is 0 Å². The first-order valence-electron chi connectivity index (χ1n) is 11.7. The summed E-state index contributed by atoms with van der Waals surface area (Å²) in [5.41, 5.74) is 1.66. The number of carbonyl (C=O) groups excluding carboxylic acids is 3. The van der Waals surface area contributed by atoms with Gasteiger partial charge in [0.2, 0.25) is 17.7 Å². The molecule has 3 amide bonds. The standard InChI is InChI=1S/C26H29N3O4S/c1-16(15-30)29-22(24(32)27-14-17-8-4-2-5-9-17)26-13-12-19(34-26)20(21(26)25(29)33)23(31)28-18-10-6-3-7-11-18/h2-11,16,19-22,30H,12-15H2,1H3,(H,27,32)(H,28,31)/t16-,19+,20-,21+,22?,26?/m1/s1. The average Bonchev–Trinajstić information content (AvgIpc) is 3.50. The number of para-hydroxylation sites is 1. The molecule has 7 nitrogen and oxygen atoms in total. The topological polar surface area (TPSA) is 98.7 Å². The van der Waals surface area contributed by atoms with Crippen LogP contribution in [0.4, 0.5) is 5.69 Å². The van der Waals surface area contributed by atoms with E-state index in [-0.39, 0.29) is 29.6 Å². The number of likely N-dealkylation sites (tertiary alicyclic amines) is 1. The number of carbonyl (C=O) groups is 3. The van der Waals surface area contributed by atoms with Crippen molar-refractivity contribution in [1.29, 1.82) is 0 Å². The number of fused-ring (bicyclic) bond motifs is 1. The Morgan fingerprint density at radius 1 is 1.12 bits per heavy atom. The minimum absolute atomic E-state index is 0.00586. The summed E-state index contributed by atoms with van der Waals surface area (Å²) in [6.07, 6.45) is 1.48. The molecule has 34 heavy (non-hydrogen) atoms. The summed E-state index contributed by atoms with van der Waals surface area (Å²) >= 11 is 1.62. The number of thioether (sulfide) groups is 1. The van der Waals surface area contributed by atoms with Crippen LogP contribution in [0.3, 0.4) is 0 Å². The Hall–Kier alpha value is -2.84. The zero-order chi connectivity index (χ0) is 23.9. The third-order valence-corrected chi connectivity index (χ3v) is 9.33. The van der Waals surface area contributed by atoms with Crippen molar-refractivity contribution < 1.29 is 19.5 Å². The lowest BCUT2D eigenvalue weighted by molar-refractivity contribution is -0.141. The average molecular weight is 480 g/mol. The zero-order valence-corrected chi connectivity index (χ0v) is 19.8. The summed E-state index contributed by atoms with van der Waals surface area (Å²) in [7, 11) is 0. The van der Waals surface area contributed by atoms with E-state index in [1.54, 1.807) is 23.6 Å². The van der Waals surface area contributed by atoms with Crippen molar-refractivity contribution in [3.63, 3.8) is 0 Å². The number of amides is 3. The van der Waals surface area contributed by atoms with Crippen molar-refractivity contribution in [2.24, 2.45) is 11.8 Å². The second-order valence-corrected chi connectivity index (χ2v) is 11.0. The van der Waals surface area contributed by atoms with Crippen LogP contribution < -0.4 is 10.6 Å². The van der Waals surface area contributed by atoms with Gasteiger partial charge >= 0.3 is 0 Å². The Bertz CT molecular complexity index is 1080. The molecule has 3 fully saturated rings. The fourth-order valence-corrected chi connectivity index (χ4v) is 8.09. The normalized spacial score (nSPS) is 30.2. The molecule has 178 valence electrons. The molecular formula is C26H29N3O4S. The van der Waals surface area contributed by atoms with Crippen molar-refractivity contribution in [2.75, 3.05) is 11.9 Å². The Kier molecular flexibility index (Phi) is 6.12. The lowest BCUT2D eigenvalue weighted by atomic mass is 9.70. The van der Waals surface area contributed by atoms with E-state index in [4.69, 9.17) is 0 Å². The smallest absolute Gasteiger partial charge is 0.244 e. The van der Waals surface area contributed by atoms with Gasteiger partial charge in [0.05, 0.1) is 29.2 Å². The molecule has 0 radical (unpaired) electrons. The summed E-state index contributed by atoms with van der Waals surface area (Å²) < 4.78 is -0.662. The minimum Gasteiger partial charge on any atom is -0.394 e. The van der Waals surface area contributed by atoms with E-state index in [1.165, 1.54) is 0 Å². The molecule has 2 bridgehead atoms. The molecule has 3 heterocycles. The number of benzene rings is 2. The van der Waals surface area contributed by atoms with Gasteiger partial charge in [0.25, 0.3) is 0 Å². The van der Waals surface area contributed by atoms with Crippen LogP contribution in [0.25, 0.3) is 0 Å². The van der Waals surface area contributed by atoms with Crippen molar-refractivity contribution in [2.45, 2.75) is 48.4 Å². The van der Waals surface area contributed by atoms with E-state index in [0.717, 1.165) is 12.0 Å². The monoisotopic (exact) mass is 479 g/mol. The molecule has 3 saturated heterocycles. The van der Waals surface area contributed by atoms with Crippen molar-refractivity contribution in [3.05, 3.63) is 66.2 Å². The number of nitrogens with zero attached hydrogens (tertiary/aromatic N) is 1. The van der Waals surface area contributed by atoms with Gasteiger partial charge in [-0.25, -0.2) is 0 Å². The number of aliphatic hydroxyl groups excluding tert-OH is 1. The van der Waals surface area contributed by atoms with E-state index in [2.05, 4.69) is 10.6 Å². The maximum absolute atomic E-state index is 13.8. The maximum atomic E-state index is 13.8. The quantitative estimate of drug-likeness (QED) is 0.567. The highest BCUT2D eigenvalue weighted by Crippen LogP contribution is 2.66. The third kappa shape index (κ3) is 3.69. The predicted octanol–water partition coefficient (Wildman–Crippen LogP) is 2.41. The van der Waals surface area contributed by atoms with Gasteiger partial charge in [-0.15, -0.1) is 11.8 Å². The first-order valence-corrected chi connectivity index (χ1v) is 12.6. The molecule has 0 aliphatic carbocycles. The minimum atomic E-state index is -0.722. The van der Waals surface area contributed by atoms with E-state index in [9.17, 15) is 19.5 Å². The molecule has 1 spiro atoms. The van der Waals surface area contributed by atoms with E-state index in [1.807, 2.05) is 60.7 Å². The number of anilines is 1. The second-order valence-electron chi connectivity index (χ2n) is 9.39. The van der Waals surface area contributed by atoms with Crippen molar-refractivity contribution in [1.82, 2.24) is 10.2 Å². The molecular weight excluding hydrogens is 450 g/mol. The Morgan fingerprint density at radius 3 is 2.47 bits per heavy atom. The van der Waals surface area contributed by atoms with Gasteiger partial charge < -0.3 is 20.6 Å². The summed E-state index contributed by atoms with van der Waals surface area (Å²) in [5, 5.41) is 15.9. The summed E-state index contributed by atoms with van der Waals surface area (Å²) in [4.78, 5) is 42.3. The summed E-state index contributed by atoms with van der Waals surface area (Å²) in [6, 6.07) is 17.6. The number of nitrogens with one attached hydrogen (secondary N) is 2.